The van der Waals surface area contributed by atoms with Crippen molar-refractivity contribution in [2.75, 3.05) is 36.0 Å². The van der Waals surface area contributed by atoms with Gasteiger partial charge in [-0.2, -0.15) is 5.26 Å². The SMILES string of the molecule is CC(C)Oc1nccnc1N1CCN(c2cccc(F)c2C#N)CC1. The van der Waals surface area contributed by atoms with Gasteiger partial charge in [0.25, 0.3) is 5.88 Å². The average Bonchev–Trinajstić information content (AvgIpc) is 2.62. The van der Waals surface area contributed by atoms with Crippen LogP contribution in [0.5, 0.6) is 5.88 Å². The van der Waals surface area contributed by atoms with Crippen molar-refractivity contribution < 1.29 is 9.13 Å². The fourth-order valence-electron chi connectivity index (χ4n) is 2.89. The average molecular weight is 341 g/mol. The Morgan fingerprint density at radius 1 is 1.12 bits per heavy atom. The van der Waals surface area contributed by atoms with Gasteiger partial charge < -0.3 is 14.5 Å². The van der Waals surface area contributed by atoms with Crippen molar-refractivity contribution in [1.29, 1.82) is 5.26 Å². The third-order valence-corrected chi connectivity index (χ3v) is 4.02. The number of hydrogen-bond acceptors (Lipinski definition) is 6. The molecule has 1 aliphatic rings. The van der Waals surface area contributed by atoms with Gasteiger partial charge in [0.15, 0.2) is 5.82 Å². The Morgan fingerprint density at radius 3 is 2.48 bits per heavy atom. The summed E-state index contributed by atoms with van der Waals surface area (Å²) in [5, 5.41) is 9.22. The minimum absolute atomic E-state index is 0.0159. The number of piperazine rings is 1. The molecule has 1 fully saturated rings. The van der Waals surface area contributed by atoms with Crippen LogP contribution in [0.2, 0.25) is 0 Å². The molecule has 3 rings (SSSR count). The molecule has 0 atom stereocenters. The number of anilines is 2. The zero-order chi connectivity index (χ0) is 17.8. The predicted molar refractivity (Wildman–Crippen MR) is 93.3 cm³/mol. The second kappa shape index (κ2) is 7.34. The van der Waals surface area contributed by atoms with Gasteiger partial charge in [0.2, 0.25) is 0 Å². The zero-order valence-corrected chi connectivity index (χ0v) is 14.3. The topological polar surface area (TPSA) is 65.3 Å². The van der Waals surface area contributed by atoms with E-state index in [4.69, 9.17) is 4.74 Å². The van der Waals surface area contributed by atoms with E-state index in [1.807, 2.05) is 24.8 Å². The van der Waals surface area contributed by atoms with Crippen molar-refractivity contribution in [2.45, 2.75) is 20.0 Å². The van der Waals surface area contributed by atoms with Crippen LogP contribution in [-0.2, 0) is 0 Å². The van der Waals surface area contributed by atoms with Crippen molar-refractivity contribution in [3.63, 3.8) is 0 Å². The molecule has 130 valence electrons. The lowest BCUT2D eigenvalue weighted by Gasteiger charge is -2.37. The van der Waals surface area contributed by atoms with Crippen LogP contribution in [0.25, 0.3) is 0 Å². The Labute approximate surface area is 146 Å². The van der Waals surface area contributed by atoms with E-state index >= 15 is 0 Å². The molecule has 0 radical (unpaired) electrons. The van der Waals surface area contributed by atoms with E-state index < -0.39 is 5.82 Å². The van der Waals surface area contributed by atoms with E-state index in [9.17, 15) is 9.65 Å². The molecule has 0 saturated carbocycles. The maximum Gasteiger partial charge on any atom is 0.257 e. The lowest BCUT2D eigenvalue weighted by Crippen LogP contribution is -2.47. The molecule has 2 aromatic rings. The van der Waals surface area contributed by atoms with Crippen molar-refractivity contribution in [3.05, 3.63) is 42.0 Å². The molecule has 7 heteroatoms. The molecule has 2 heterocycles. The first-order valence-electron chi connectivity index (χ1n) is 8.26. The van der Waals surface area contributed by atoms with Crippen LogP contribution < -0.4 is 14.5 Å². The predicted octanol–water partition coefficient (Wildman–Crippen LogP) is 2.60. The van der Waals surface area contributed by atoms with Crippen LogP contribution in [0.1, 0.15) is 19.4 Å². The number of ether oxygens (including phenoxy) is 1. The maximum absolute atomic E-state index is 13.8. The first kappa shape index (κ1) is 17.0. The Balaban J connectivity index is 1.75. The summed E-state index contributed by atoms with van der Waals surface area (Å²) in [6.45, 7) is 6.60. The normalized spacial score (nSPS) is 14.5. The molecule has 0 aliphatic carbocycles. The summed E-state index contributed by atoms with van der Waals surface area (Å²) in [7, 11) is 0. The van der Waals surface area contributed by atoms with Gasteiger partial charge in [0.1, 0.15) is 17.4 Å². The van der Waals surface area contributed by atoms with E-state index in [0.717, 1.165) is 5.82 Å². The summed E-state index contributed by atoms with van der Waals surface area (Å²) in [6.07, 6.45) is 3.28. The molecule has 1 aromatic carbocycles. The van der Waals surface area contributed by atoms with Crippen molar-refractivity contribution >= 4 is 11.5 Å². The fourth-order valence-corrected chi connectivity index (χ4v) is 2.89. The molecule has 1 saturated heterocycles. The molecule has 6 nitrogen and oxygen atoms in total. The van der Waals surface area contributed by atoms with E-state index in [1.165, 1.54) is 6.07 Å². The number of rotatable bonds is 4. The van der Waals surface area contributed by atoms with Crippen LogP contribution in [-0.4, -0.2) is 42.3 Å². The van der Waals surface area contributed by atoms with Crippen LogP contribution in [0.15, 0.2) is 30.6 Å². The Kier molecular flexibility index (Phi) is 4.98. The third-order valence-electron chi connectivity index (χ3n) is 4.02. The minimum atomic E-state index is -0.482. The molecule has 0 N–H and O–H groups in total. The fraction of sp³-hybridized carbons (Fsp3) is 0.389. The molecular weight excluding hydrogens is 321 g/mol. The van der Waals surface area contributed by atoms with Crippen molar-refractivity contribution in [1.82, 2.24) is 9.97 Å². The first-order valence-corrected chi connectivity index (χ1v) is 8.26. The smallest absolute Gasteiger partial charge is 0.257 e. The van der Waals surface area contributed by atoms with Gasteiger partial charge in [-0.1, -0.05) is 6.07 Å². The van der Waals surface area contributed by atoms with Crippen LogP contribution in [0.3, 0.4) is 0 Å². The van der Waals surface area contributed by atoms with Gasteiger partial charge in [0.05, 0.1) is 11.8 Å². The van der Waals surface area contributed by atoms with Gasteiger partial charge in [-0.15, -0.1) is 0 Å². The van der Waals surface area contributed by atoms with Crippen molar-refractivity contribution in [3.8, 4) is 11.9 Å². The molecule has 0 unspecified atom stereocenters. The number of benzene rings is 1. The number of halogens is 1. The minimum Gasteiger partial charge on any atom is -0.472 e. The summed E-state index contributed by atoms with van der Waals surface area (Å²) < 4.78 is 19.6. The number of aromatic nitrogens is 2. The number of nitrogens with zero attached hydrogens (tertiary/aromatic N) is 5. The monoisotopic (exact) mass is 341 g/mol. The lowest BCUT2D eigenvalue weighted by atomic mass is 10.1. The highest BCUT2D eigenvalue weighted by molar-refractivity contribution is 5.61. The van der Waals surface area contributed by atoms with E-state index in [2.05, 4.69) is 14.9 Å². The van der Waals surface area contributed by atoms with Gasteiger partial charge in [-0.3, -0.25) is 0 Å². The van der Waals surface area contributed by atoms with Gasteiger partial charge in [0, 0.05) is 38.6 Å². The molecule has 25 heavy (non-hydrogen) atoms. The summed E-state index contributed by atoms with van der Waals surface area (Å²) in [4.78, 5) is 12.8. The zero-order valence-electron chi connectivity index (χ0n) is 14.3. The quantitative estimate of drug-likeness (QED) is 0.852. The van der Waals surface area contributed by atoms with Crippen molar-refractivity contribution in [2.24, 2.45) is 0 Å². The van der Waals surface area contributed by atoms with E-state index in [0.29, 0.717) is 37.7 Å². The molecule has 0 spiro atoms. The van der Waals surface area contributed by atoms with Gasteiger partial charge in [-0.25, -0.2) is 14.4 Å². The number of hydrogen-bond donors (Lipinski definition) is 0. The van der Waals surface area contributed by atoms with E-state index in [1.54, 1.807) is 24.5 Å². The Bertz CT molecular complexity index is 781. The highest BCUT2D eigenvalue weighted by Gasteiger charge is 2.24. The molecule has 1 aliphatic heterocycles. The van der Waals surface area contributed by atoms with Crippen LogP contribution in [0, 0.1) is 17.1 Å². The second-order valence-corrected chi connectivity index (χ2v) is 6.07. The van der Waals surface area contributed by atoms with E-state index in [-0.39, 0.29) is 11.7 Å². The van der Waals surface area contributed by atoms with Crippen LogP contribution in [0.4, 0.5) is 15.9 Å². The second-order valence-electron chi connectivity index (χ2n) is 6.07. The highest BCUT2D eigenvalue weighted by Crippen LogP contribution is 2.28. The molecule has 0 bridgehead atoms. The first-order chi connectivity index (χ1) is 12.1. The number of nitriles is 1. The van der Waals surface area contributed by atoms with Gasteiger partial charge in [-0.05, 0) is 26.0 Å². The summed E-state index contributed by atoms with van der Waals surface area (Å²) in [5.41, 5.74) is 0.735. The lowest BCUT2D eigenvalue weighted by molar-refractivity contribution is 0.232. The molecular formula is C18H20FN5O. The Morgan fingerprint density at radius 2 is 1.80 bits per heavy atom. The highest BCUT2D eigenvalue weighted by atomic mass is 19.1. The largest absolute Gasteiger partial charge is 0.472 e. The Hall–Kier alpha value is -2.88. The standard InChI is InChI=1S/C18H20FN5O/c1-13(2)25-18-17(21-6-7-22-18)24-10-8-23(9-11-24)16-5-3-4-15(19)14(16)12-20/h3-7,13H,8-11H2,1-2H3. The van der Waals surface area contributed by atoms with Crippen LogP contribution >= 0.6 is 0 Å². The maximum atomic E-state index is 13.8. The third kappa shape index (κ3) is 3.63. The molecule has 1 aromatic heterocycles. The summed E-state index contributed by atoms with van der Waals surface area (Å²) >= 11 is 0. The summed E-state index contributed by atoms with van der Waals surface area (Å²) in [6, 6.07) is 6.69. The summed E-state index contributed by atoms with van der Waals surface area (Å²) in [5.74, 6) is 0.758. The molecule has 0 amide bonds. The van der Waals surface area contributed by atoms with Gasteiger partial charge >= 0.3 is 0 Å².